The fourth-order valence-electron chi connectivity index (χ4n) is 3.56. The number of ether oxygens (including phenoxy) is 1. The van der Waals surface area contributed by atoms with E-state index in [1.165, 1.54) is 29.0 Å². The predicted octanol–water partition coefficient (Wildman–Crippen LogP) is 4.75. The Morgan fingerprint density at radius 2 is 1.74 bits per heavy atom. The Hall–Kier alpha value is -2.73. The average molecular weight is 372 g/mol. The van der Waals surface area contributed by atoms with Crippen molar-refractivity contribution in [2.75, 3.05) is 6.54 Å². The number of fused-ring (bicyclic) bond motifs is 1. The third kappa shape index (κ3) is 4.01. The first kappa shape index (κ1) is 17.7. The van der Waals surface area contributed by atoms with E-state index in [4.69, 9.17) is 0 Å². The maximum absolute atomic E-state index is 12.4. The molecule has 0 bridgehead atoms. The van der Waals surface area contributed by atoms with Crippen LogP contribution in [0.5, 0.6) is 5.75 Å². The first-order valence-corrected chi connectivity index (χ1v) is 8.81. The van der Waals surface area contributed by atoms with Crippen molar-refractivity contribution in [2.24, 2.45) is 0 Å². The highest BCUT2D eigenvalue weighted by atomic mass is 19.4. The maximum atomic E-state index is 12.4. The van der Waals surface area contributed by atoms with Gasteiger partial charge >= 0.3 is 6.36 Å². The molecule has 0 radical (unpaired) electrons. The van der Waals surface area contributed by atoms with Gasteiger partial charge in [0.05, 0.1) is 0 Å². The van der Waals surface area contributed by atoms with Gasteiger partial charge in [-0.3, -0.25) is 0 Å². The second kappa shape index (κ2) is 7.12. The highest BCUT2D eigenvalue weighted by molar-refractivity contribution is 5.69. The number of benzene rings is 2. The Balaban J connectivity index is 1.66. The molecule has 0 fully saturated rings. The normalized spacial score (nSPS) is 14.0. The number of hydrogen-bond donors (Lipinski definition) is 1. The summed E-state index contributed by atoms with van der Waals surface area (Å²) in [5.74, 6) is -0.207. The van der Waals surface area contributed by atoms with E-state index in [1.807, 2.05) is 18.2 Å². The molecule has 0 atom stereocenters. The Labute approximate surface area is 155 Å². The largest absolute Gasteiger partial charge is 0.573 e. The van der Waals surface area contributed by atoms with E-state index in [-0.39, 0.29) is 5.75 Å². The van der Waals surface area contributed by atoms with Crippen LogP contribution in [0.25, 0.3) is 11.1 Å². The molecule has 1 aromatic heterocycles. The molecule has 0 saturated heterocycles. The predicted molar refractivity (Wildman–Crippen MR) is 97.5 cm³/mol. The molecule has 4 rings (SSSR count). The molecule has 2 aromatic carbocycles. The lowest BCUT2D eigenvalue weighted by atomic mass is 10.00. The first-order chi connectivity index (χ1) is 13.0. The van der Waals surface area contributed by atoms with E-state index in [2.05, 4.69) is 33.0 Å². The summed E-state index contributed by atoms with van der Waals surface area (Å²) < 4.78 is 43.3. The summed E-state index contributed by atoms with van der Waals surface area (Å²) >= 11 is 0. The fourth-order valence-corrected chi connectivity index (χ4v) is 3.56. The summed E-state index contributed by atoms with van der Waals surface area (Å²) in [5.41, 5.74) is 5.64. The zero-order valence-corrected chi connectivity index (χ0v) is 14.6. The van der Waals surface area contributed by atoms with Gasteiger partial charge in [0.2, 0.25) is 0 Å². The third-order valence-corrected chi connectivity index (χ3v) is 4.74. The second-order valence-electron chi connectivity index (χ2n) is 6.58. The fraction of sp³-hybridized carbons (Fsp3) is 0.238. The van der Waals surface area contributed by atoms with Crippen LogP contribution in [-0.4, -0.2) is 17.5 Å². The van der Waals surface area contributed by atoms with E-state index >= 15 is 0 Å². The van der Waals surface area contributed by atoms with Crippen LogP contribution in [0.2, 0.25) is 0 Å². The number of alkyl halides is 3. The summed E-state index contributed by atoms with van der Waals surface area (Å²) in [7, 11) is 0. The number of aromatic nitrogens is 1. The zero-order valence-electron chi connectivity index (χ0n) is 14.6. The summed E-state index contributed by atoms with van der Waals surface area (Å²) in [6.07, 6.45) is -1.65. The van der Waals surface area contributed by atoms with Crippen LogP contribution >= 0.6 is 0 Å². The molecule has 3 nitrogen and oxygen atoms in total. The van der Waals surface area contributed by atoms with Crippen molar-refractivity contribution in [2.45, 2.75) is 25.9 Å². The maximum Gasteiger partial charge on any atom is 0.573 e. The monoisotopic (exact) mass is 372 g/mol. The molecule has 2 heterocycles. The van der Waals surface area contributed by atoms with Crippen molar-refractivity contribution in [3.8, 4) is 16.9 Å². The molecular weight excluding hydrogens is 353 g/mol. The molecule has 6 heteroatoms. The van der Waals surface area contributed by atoms with Gasteiger partial charge in [-0.05, 0) is 28.8 Å². The zero-order chi connectivity index (χ0) is 18.9. The van der Waals surface area contributed by atoms with E-state index in [0.29, 0.717) is 0 Å². The third-order valence-electron chi connectivity index (χ3n) is 4.74. The number of rotatable bonds is 4. The van der Waals surface area contributed by atoms with E-state index in [0.717, 1.165) is 37.2 Å². The highest BCUT2D eigenvalue weighted by Crippen LogP contribution is 2.33. The minimum Gasteiger partial charge on any atom is -0.406 e. The van der Waals surface area contributed by atoms with Gasteiger partial charge in [-0.1, -0.05) is 42.5 Å². The second-order valence-corrected chi connectivity index (χ2v) is 6.58. The van der Waals surface area contributed by atoms with Gasteiger partial charge in [0.1, 0.15) is 5.75 Å². The first-order valence-electron chi connectivity index (χ1n) is 8.81. The van der Waals surface area contributed by atoms with Crippen LogP contribution in [0, 0.1) is 0 Å². The molecule has 1 aliphatic heterocycles. The van der Waals surface area contributed by atoms with Gasteiger partial charge < -0.3 is 14.6 Å². The van der Waals surface area contributed by atoms with Crippen molar-refractivity contribution in [3.63, 3.8) is 0 Å². The Bertz CT molecular complexity index is 915. The molecule has 0 unspecified atom stereocenters. The molecular formula is C21H19F3N2O. The molecule has 0 spiro atoms. The van der Waals surface area contributed by atoms with Crippen molar-refractivity contribution >= 4 is 0 Å². The molecule has 27 heavy (non-hydrogen) atoms. The SMILES string of the molecule is FC(F)(F)Oc1ccc(-c2cn(Cc3ccccc3)c3c2CNCC3)cc1. The van der Waals surface area contributed by atoms with Crippen molar-refractivity contribution in [3.05, 3.63) is 77.6 Å². The van der Waals surface area contributed by atoms with Crippen molar-refractivity contribution in [1.82, 2.24) is 9.88 Å². The van der Waals surface area contributed by atoms with Crippen LogP contribution < -0.4 is 10.1 Å². The topological polar surface area (TPSA) is 26.2 Å². The standard InChI is InChI=1S/C21H19F3N2O/c22-21(23,24)27-17-8-6-16(7-9-17)19-14-26(13-15-4-2-1-3-5-15)20-10-11-25-12-18(19)20/h1-9,14,25H,10-13H2. The number of nitrogens with zero attached hydrogens (tertiary/aromatic N) is 1. The van der Waals surface area contributed by atoms with Crippen LogP contribution in [0.3, 0.4) is 0 Å². The van der Waals surface area contributed by atoms with Crippen LogP contribution in [0.4, 0.5) is 13.2 Å². The van der Waals surface area contributed by atoms with E-state index in [1.54, 1.807) is 12.1 Å². The molecule has 140 valence electrons. The van der Waals surface area contributed by atoms with Gasteiger partial charge in [0.25, 0.3) is 0 Å². The minimum absolute atomic E-state index is 0.207. The summed E-state index contributed by atoms with van der Waals surface area (Å²) in [4.78, 5) is 0. The van der Waals surface area contributed by atoms with Crippen molar-refractivity contribution in [1.29, 1.82) is 0 Å². The smallest absolute Gasteiger partial charge is 0.406 e. The molecule has 1 N–H and O–H groups in total. The average Bonchev–Trinajstić information content (AvgIpc) is 3.01. The summed E-state index contributed by atoms with van der Waals surface area (Å²) in [5, 5.41) is 3.38. The van der Waals surface area contributed by atoms with Gasteiger partial charge in [-0.15, -0.1) is 13.2 Å². The Morgan fingerprint density at radius 3 is 2.44 bits per heavy atom. The Kier molecular flexibility index (Phi) is 4.66. The van der Waals surface area contributed by atoms with Gasteiger partial charge in [-0.2, -0.15) is 0 Å². The molecule has 0 saturated carbocycles. The quantitative estimate of drug-likeness (QED) is 0.715. The highest BCUT2D eigenvalue weighted by Gasteiger charge is 2.31. The molecule has 0 amide bonds. The number of halogens is 3. The van der Waals surface area contributed by atoms with Gasteiger partial charge in [0.15, 0.2) is 0 Å². The lowest BCUT2D eigenvalue weighted by Crippen LogP contribution is -2.25. The summed E-state index contributed by atoms with van der Waals surface area (Å²) in [6, 6.07) is 16.3. The Morgan fingerprint density at radius 1 is 1.00 bits per heavy atom. The molecule has 3 aromatic rings. The minimum atomic E-state index is -4.68. The lowest BCUT2D eigenvalue weighted by molar-refractivity contribution is -0.274. The van der Waals surface area contributed by atoms with Crippen LogP contribution in [-0.2, 0) is 19.5 Å². The summed E-state index contributed by atoms with van der Waals surface area (Å²) in [6.45, 7) is 2.45. The van der Waals surface area contributed by atoms with E-state index in [9.17, 15) is 13.2 Å². The van der Waals surface area contributed by atoms with E-state index < -0.39 is 6.36 Å². The number of hydrogen-bond acceptors (Lipinski definition) is 2. The van der Waals surface area contributed by atoms with Crippen molar-refractivity contribution < 1.29 is 17.9 Å². The molecule has 0 aliphatic carbocycles. The molecule has 1 aliphatic rings. The number of nitrogens with one attached hydrogen (secondary N) is 1. The van der Waals surface area contributed by atoms with Gasteiger partial charge in [0, 0.05) is 43.5 Å². The lowest BCUT2D eigenvalue weighted by Gasteiger charge is -2.17. The van der Waals surface area contributed by atoms with Crippen LogP contribution in [0.15, 0.2) is 60.8 Å². The van der Waals surface area contributed by atoms with Gasteiger partial charge in [-0.25, -0.2) is 0 Å². The van der Waals surface area contributed by atoms with Crippen LogP contribution in [0.1, 0.15) is 16.8 Å².